The molecule has 0 heterocycles. The first-order valence-electron chi connectivity index (χ1n) is 4.69. The minimum Gasteiger partial charge on any atom is -0.480 e. The maximum Gasteiger partial charge on any atom is 0.323 e. The van der Waals surface area contributed by atoms with Crippen LogP contribution >= 0.6 is 12.6 Å². The van der Waals surface area contributed by atoms with E-state index in [-0.39, 0.29) is 24.4 Å². The number of aliphatic carboxylic acids is 1. The zero-order valence-electron chi connectivity index (χ0n) is 8.14. The third-order valence-corrected chi connectivity index (χ3v) is 2.82. The third kappa shape index (κ3) is 2.90. The molecule has 0 saturated heterocycles. The van der Waals surface area contributed by atoms with Gasteiger partial charge in [-0.05, 0) is 12.8 Å². The maximum atomic E-state index is 11.7. The van der Waals surface area contributed by atoms with E-state index < -0.39 is 5.97 Å². The summed E-state index contributed by atoms with van der Waals surface area (Å²) < 4.78 is 0. The summed E-state index contributed by atoms with van der Waals surface area (Å²) in [7, 11) is 0. The van der Waals surface area contributed by atoms with E-state index >= 15 is 0 Å². The molecule has 1 aliphatic carbocycles. The van der Waals surface area contributed by atoms with Crippen molar-refractivity contribution in [2.45, 2.75) is 25.8 Å². The number of nitrogens with zero attached hydrogens (tertiary/aromatic N) is 1. The summed E-state index contributed by atoms with van der Waals surface area (Å²) in [6.45, 7) is 1.59. The summed E-state index contributed by atoms with van der Waals surface area (Å²) in [5, 5.41) is 8.65. The number of thiol groups is 1. The van der Waals surface area contributed by atoms with Gasteiger partial charge in [0.1, 0.15) is 6.54 Å². The lowest BCUT2D eigenvalue weighted by molar-refractivity contribution is -0.146. The van der Waals surface area contributed by atoms with Crippen LogP contribution in [-0.4, -0.2) is 40.2 Å². The SMILES string of the molecule is CC(CS)C(=O)N(CC(=O)O)C1CC1. The summed E-state index contributed by atoms with van der Waals surface area (Å²) in [4.78, 5) is 23.7. The van der Waals surface area contributed by atoms with Crippen LogP contribution in [0.3, 0.4) is 0 Å². The molecule has 0 aliphatic heterocycles. The van der Waals surface area contributed by atoms with Gasteiger partial charge in [-0.3, -0.25) is 9.59 Å². The Morgan fingerprint density at radius 3 is 2.50 bits per heavy atom. The predicted molar refractivity (Wildman–Crippen MR) is 55.4 cm³/mol. The van der Waals surface area contributed by atoms with Gasteiger partial charge in [0.2, 0.25) is 5.91 Å². The van der Waals surface area contributed by atoms with Crippen LogP contribution in [-0.2, 0) is 9.59 Å². The van der Waals surface area contributed by atoms with Crippen molar-refractivity contribution in [1.29, 1.82) is 0 Å². The topological polar surface area (TPSA) is 57.6 Å². The average molecular weight is 217 g/mol. The molecular weight excluding hydrogens is 202 g/mol. The second-order valence-corrected chi connectivity index (χ2v) is 4.04. The van der Waals surface area contributed by atoms with Gasteiger partial charge in [-0.25, -0.2) is 0 Å². The van der Waals surface area contributed by atoms with Gasteiger partial charge in [0, 0.05) is 17.7 Å². The lowest BCUT2D eigenvalue weighted by Gasteiger charge is -2.23. The van der Waals surface area contributed by atoms with Crippen LogP contribution in [0.2, 0.25) is 0 Å². The Morgan fingerprint density at radius 1 is 1.57 bits per heavy atom. The molecule has 0 bridgehead atoms. The van der Waals surface area contributed by atoms with E-state index in [1.54, 1.807) is 6.92 Å². The van der Waals surface area contributed by atoms with Gasteiger partial charge in [-0.2, -0.15) is 12.6 Å². The Kier molecular flexibility index (Phi) is 3.80. The molecule has 4 nitrogen and oxygen atoms in total. The number of hydrogen-bond acceptors (Lipinski definition) is 3. The third-order valence-electron chi connectivity index (χ3n) is 2.27. The fraction of sp³-hybridized carbons (Fsp3) is 0.778. The normalized spacial score (nSPS) is 17.6. The molecule has 1 atom stereocenters. The van der Waals surface area contributed by atoms with E-state index in [2.05, 4.69) is 12.6 Å². The highest BCUT2D eigenvalue weighted by atomic mass is 32.1. The Hall–Kier alpha value is -0.710. The molecule has 1 fully saturated rings. The van der Waals surface area contributed by atoms with E-state index in [9.17, 15) is 9.59 Å². The lowest BCUT2D eigenvalue weighted by Crippen LogP contribution is -2.40. The Balaban J connectivity index is 2.57. The molecule has 0 spiro atoms. The smallest absolute Gasteiger partial charge is 0.323 e. The molecule has 5 heteroatoms. The number of hydrogen-bond donors (Lipinski definition) is 2. The quantitative estimate of drug-likeness (QED) is 0.664. The van der Waals surface area contributed by atoms with E-state index in [1.807, 2.05) is 0 Å². The Labute approximate surface area is 88.7 Å². The molecule has 14 heavy (non-hydrogen) atoms. The van der Waals surface area contributed by atoms with E-state index in [4.69, 9.17) is 5.11 Å². The van der Waals surface area contributed by atoms with Crippen LogP contribution in [0.25, 0.3) is 0 Å². The first kappa shape index (κ1) is 11.4. The van der Waals surface area contributed by atoms with Crippen LogP contribution in [0.15, 0.2) is 0 Å². The van der Waals surface area contributed by atoms with Crippen LogP contribution in [0, 0.1) is 5.92 Å². The van der Waals surface area contributed by atoms with Gasteiger partial charge in [-0.1, -0.05) is 6.92 Å². The van der Waals surface area contributed by atoms with Crippen LogP contribution in [0.5, 0.6) is 0 Å². The maximum absolute atomic E-state index is 11.7. The molecule has 1 rings (SSSR count). The minimum absolute atomic E-state index is 0.0927. The largest absolute Gasteiger partial charge is 0.480 e. The standard InChI is InChI=1S/C9H15NO3S/c1-6(5-14)9(13)10(4-8(11)12)7-2-3-7/h6-7,14H,2-5H2,1H3,(H,11,12). The fourth-order valence-electron chi connectivity index (χ4n) is 1.28. The van der Waals surface area contributed by atoms with Crippen molar-refractivity contribution >= 4 is 24.5 Å². The number of amides is 1. The van der Waals surface area contributed by atoms with Gasteiger partial charge in [-0.15, -0.1) is 0 Å². The van der Waals surface area contributed by atoms with Gasteiger partial charge >= 0.3 is 5.97 Å². The number of carboxylic acid groups (broad SMARTS) is 1. The van der Waals surface area contributed by atoms with Gasteiger partial charge in [0.05, 0.1) is 0 Å². The van der Waals surface area contributed by atoms with Crippen molar-refractivity contribution in [2.75, 3.05) is 12.3 Å². The second-order valence-electron chi connectivity index (χ2n) is 3.67. The highest BCUT2D eigenvalue weighted by molar-refractivity contribution is 7.80. The van der Waals surface area contributed by atoms with Crippen LogP contribution < -0.4 is 0 Å². The number of carbonyl (C=O) groups excluding carboxylic acids is 1. The van der Waals surface area contributed by atoms with Crippen molar-refractivity contribution in [3.05, 3.63) is 0 Å². The first-order valence-corrected chi connectivity index (χ1v) is 5.32. The monoisotopic (exact) mass is 217 g/mol. The summed E-state index contributed by atoms with van der Waals surface area (Å²) in [5.74, 6) is -0.776. The molecule has 0 aromatic rings. The van der Waals surface area contributed by atoms with Gasteiger partial charge < -0.3 is 10.0 Å². The first-order chi connectivity index (χ1) is 6.56. The van der Waals surface area contributed by atoms with E-state index in [0.29, 0.717) is 5.75 Å². The highest BCUT2D eigenvalue weighted by Crippen LogP contribution is 2.27. The van der Waals surface area contributed by atoms with Crippen molar-refractivity contribution in [3.8, 4) is 0 Å². The molecule has 80 valence electrons. The zero-order chi connectivity index (χ0) is 10.7. The molecule has 0 aromatic heterocycles. The molecular formula is C9H15NO3S. The second kappa shape index (κ2) is 4.68. The Bertz CT molecular complexity index is 240. The predicted octanol–water partition coefficient (Wildman–Crippen LogP) is 0.628. The minimum atomic E-state index is -0.948. The summed E-state index contributed by atoms with van der Waals surface area (Å²) in [5.41, 5.74) is 0. The van der Waals surface area contributed by atoms with Gasteiger partial charge in [0.25, 0.3) is 0 Å². The molecule has 1 N–H and O–H groups in total. The Morgan fingerprint density at radius 2 is 2.14 bits per heavy atom. The van der Waals surface area contributed by atoms with Crippen molar-refractivity contribution in [3.63, 3.8) is 0 Å². The van der Waals surface area contributed by atoms with Crippen LogP contribution in [0.1, 0.15) is 19.8 Å². The highest BCUT2D eigenvalue weighted by Gasteiger charge is 2.35. The molecule has 1 unspecified atom stereocenters. The van der Waals surface area contributed by atoms with Gasteiger partial charge in [0.15, 0.2) is 0 Å². The zero-order valence-corrected chi connectivity index (χ0v) is 9.04. The fourth-order valence-corrected chi connectivity index (χ4v) is 1.44. The summed E-state index contributed by atoms with van der Waals surface area (Å²) in [6, 6.07) is 0.154. The molecule has 1 amide bonds. The summed E-state index contributed by atoms with van der Waals surface area (Å²) in [6.07, 6.45) is 1.86. The van der Waals surface area contributed by atoms with Crippen molar-refractivity contribution in [1.82, 2.24) is 4.90 Å². The van der Waals surface area contributed by atoms with Crippen molar-refractivity contribution < 1.29 is 14.7 Å². The van der Waals surface area contributed by atoms with Crippen molar-refractivity contribution in [2.24, 2.45) is 5.92 Å². The lowest BCUT2D eigenvalue weighted by atomic mass is 10.2. The average Bonchev–Trinajstić information content (AvgIpc) is 2.94. The number of rotatable bonds is 5. The molecule has 0 radical (unpaired) electrons. The number of carbonyl (C=O) groups is 2. The number of carboxylic acids is 1. The van der Waals surface area contributed by atoms with E-state index in [1.165, 1.54) is 4.90 Å². The molecule has 1 aliphatic rings. The molecule has 1 saturated carbocycles. The summed E-state index contributed by atoms with van der Waals surface area (Å²) >= 11 is 4.03. The molecule has 0 aromatic carbocycles. The van der Waals surface area contributed by atoms with Crippen LogP contribution in [0.4, 0.5) is 0 Å². The van der Waals surface area contributed by atoms with E-state index in [0.717, 1.165) is 12.8 Å².